The number of carbonyl (C=O) groups excluding carboxylic acids is 1. The minimum atomic E-state index is -1.92. The van der Waals surface area contributed by atoms with E-state index in [0.717, 1.165) is 102 Å². The number of esters is 1. The second-order valence-electron chi connectivity index (χ2n) is 18.8. The topological polar surface area (TPSA) is 107 Å². The average Bonchev–Trinajstić information content (AvgIpc) is 4.05. The molecule has 1 N–H and O–H groups in total. The Morgan fingerprint density at radius 2 is 1.75 bits per heavy atom. The summed E-state index contributed by atoms with van der Waals surface area (Å²) in [6, 6.07) is 22.9. The molecule has 0 spiro atoms. The lowest BCUT2D eigenvalue weighted by Crippen LogP contribution is -2.40. The van der Waals surface area contributed by atoms with Crippen molar-refractivity contribution >= 4 is 59.3 Å². The third-order valence-corrected chi connectivity index (χ3v) is 19.1. The molecule has 0 unspecified atom stereocenters. The number of hydrogen-bond acceptors (Lipinski definition) is 9. The molecule has 0 amide bonds. The predicted octanol–water partition coefficient (Wildman–Crippen LogP) is 12.0. The van der Waals surface area contributed by atoms with Crippen LogP contribution in [0.15, 0.2) is 77.7 Å². The number of halogens is 2. The molecule has 0 saturated carbocycles. The zero-order valence-electron chi connectivity index (χ0n) is 40.1. The van der Waals surface area contributed by atoms with Crippen molar-refractivity contribution in [2.75, 3.05) is 20.3 Å². The number of benzene rings is 4. The van der Waals surface area contributed by atoms with E-state index in [4.69, 9.17) is 40.4 Å². The number of methoxy groups -OCH3 is 1. The molecule has 1 aliphatic heterocycles. The van der Waals surface area contributed by atoms with Crippen molar-refractivity contribution in [3.8, 4) is 22.6 Å². The Kier molecular flexibility index (Phi) is 14.6. The molecule has 0 bridgehead atoms. The lowest BCUT2D eigenvalue weighted by atomic mass is 9.97. The van der Waals surface area contributed by atoms with E-state index in [-0.39, 0.29) is 23.4 Å². The van der Waals surface area contributed by atoms with Crippen molar-refractivity contribution in [1.29, 1.82) is 0 Å². The van der Waals surface area contributed by atoms with Crippen LogP contribution in [0, 0.1) is 5.82 Å². The minimum absolute atomic E-state index is 0.121. The highest BCUT2D eigenvalue weighted by molar-refractivity contribution is 7.98. The van der Waals surface area contributed by atoms with Gasteiger partial charge in [-0.1, -0.05) is 50.6 Å². The van der Waals surface area contributed by atoms with Crippen LogP contribution in [0.25, 0.3) is 32.8 Å². The maximum Gasteiger partial charge on any atom is 0.355 e. The Morgan fingerprint density at radius 1 is 0.970 bits per heavy atom. The van der Waals surface area contributed by atoms with Gasteiger partial charge >= 0.3 is 5.97 Å². The number of carbonyl (C=O) groups is 1. The SMILES string of the molecule is CCOC(=O)c1c(CCCOc2cc(SCc3ccc(OC)cc3)cc3cc(F)ccc23)c2ccc(Cl)c(-c3c(CNCc4cc(CO[Si](C)(C)C(C)(C)C)n(C)n4)nn4c3CCC4)c2n1C. The van der Waals surface area contributed by atoms with Crippen molar-refractivity contribution in [1.82, 2.24) is 29.4 Å². The van der Waals surface area contributed by atoms with Crippen molar-refractivity contribution in [3.63, 3.8) is 0 Å². The number of nitrogens with zero attached hydrogens (tertiary/aromatic N) is 5. The Balaban J connectivity index is 1.04. The monoisotopic (exact) mass is 964 g/mol. The van der Waals surface area contributed by atoms with Gasteiger partial charge in [-0.2, -0.15) is 10.2 Å². The normalized spacial score (nSPS) is 12.9. The van der Waals surface area contributed by atoms with Crippen molar-refractivity contribution in [2.45, 2.75) is 108 Å². The second kappa shape index (κ2) is 20.2. The molecule has 15 heteroatoms. The number of aryl methyl sites for hydroxylation is 4. The Labute approximate surface area is 403 Å². The van der Waals surface area contributed by atoms with E-state index in [1.54, 1.807) is 31.0 Å². The molecule has 4 aromatic carbocycles. The van der Waals surface area contributed by atoms with E-state index in [9.17, 15) is 9.18 Å². The van der Waals surface area contributed by atoms with E-state index >= 15 is 0 Å². The first-order valence-electron chi connectivity index (χ1n) is 23.1. The first-order chi connectivity index (χ1) is 32.1. The van der Waals surface area contributed by atoms with Crippen LogP contribution in [-0.2, 0) is 68.1 Å². The first kappa shape index (κ1) is 48.3. The molecule has 0 radical (unpaired) electrons. The smallest absolute Gasteiger partial charge is 0.355 e. The molecule has 11 nitrogen and oxygen atoms in total. The van der Waals surface area contributed by atoms with Gasteiger partial charge in [-0.15, -0.1) is 11.8 Å². The molecule has 67 heavy (non-hydrogen) atoms. The molecule has 4 heterocycles. The van der Waals surface area contributed by atoms with Crippen LogP contribution in [0.5, 0.6) is 11.5 Å². The van der Waals surface area contributed by atoms with Crippen molar-refractivity contribution in [3.05, 3.63) is 123 Å². The molecular weight excluding hydrogens is 903 g/mol. The fourth-order valence-corrected chi connectivity index (χ4v) is 10.8. The van der Waals surface area contributed by atoms with Gasteiger partial charge in [0, 0.05) is 72.0 Å². The zero-order chi connectivity index (χ0) is 47.6. The number of nitrogens with one attached hydrogen (secondary N) is 1. The third-order valence-electron chi connectivity index (χ3n) is 13.3. The summed E-state index contributed by atoms with van der Waals surface area (Å²) in [7, 11) is 3.62. The number of thioether (sulfide) groups is 1. The Bertz CT molecular complexity index is 2920. The van der Waals surface area contributed by atoms with Crippen molar-refractivity contribution < 1.29 is 27.8 Å². The van der Waals surface area contributed by atoms with Gasteiger partial charge in [-0.05, 0) is 122 Å². The highest BCUT2D eigenvalue weighted by atomic mass is 35.5. The number of fused-ring (bicyclic) bond motifs is 3. The zero-order valence-corrected chi connectivity index (χ0v) is 42.7. The summed E-state index contributed by atoms with van der Waals surface area (Å²) in [4.78, 5) is 14.9. The summed E-state index contributed by atoms with van der Waals surface area (Å²) in [5.41, 5.74) is 9.24. The quantitative estimate of drug-likeness (QED) is 0.0367. The molecule has 3 aromatic heterocycles. The molecule has 8 rings (SSSR count). The summed E-state index contributed by atoms with van der Waals surface area (Å²) in [5.74, 6) is 1.53. The Morgan fingerprint density at radius 3 is 2.49 bits per heavy atom. The highest BCUT2D eigenvalue weighted by Crippen LogP contribution is 2.44. The second-order valence-corrected chi connectivity index (χ2v) is 25.1. The summed E-state index contributed by atoms with van der Waals surface area (Å²) in [6.45, 7) is 16.1. The van der Waals surface area contributed by atoms with E-state index in [0.29, 0.717) is 55.6 Å². The van der Waals surface area contributed by atoms with Gasteiger partial charge in [0.05, 0.1) is 54.6 Å². The van der Waals surface area contributed by atoms with E-state index < -0.39 is 8.32 Å². The van der Waals surface area contributed by atoms with Crippen LogP contribution in [0.4, 0.5) is 4.39 Å². The fourth-order valence-electron chi connectivity index (χ4n) is 8.72. The van der Waals surface area contributed by atoms with Crippen LogP contribution in [0.2, 0.25) is 23.2 Å². The lowest BCUT2D eigenvalue weighted by Gasteiger charge is -2.36. The molecule has 0 fully saturated rings. The average molecular weight is 966 g/mol. The van der Waals surface area contributed by atoms with Crippen molar-refractivity contribution in [2.24, 2.45) is 14.1 Å². The summed E-state index contributed by atoms with van der Waals surface area (Å²) >= 11 is 8.92. The molecular formula is C52H62ClFN6O5SSi. The van der Waals surface area contributed by atoms with Crippen LogP contribution >= 0.6 is 23.4 Å². The largest absolute Gasteiger partial charge is 0.497 e. The van der Waals surface area contributed by atoms with Gasteiger partial charge in [0.15, 0.2) is 8.32 Å². The molecule has 354 valence electrons. The van der Waals surface area contributed by atoms with Crippen LogP contribution in [-0.4, -0.2) is 58.7 Å². The number of aromatic nitrogens is 5. The summed E-state index contributed by atoms with van der Waals surface area (Å²) < 4.78 is 44.6. The molecule has 7 aromatic rings. The van der Waals surface area contributed by atoms with Gasteiger partial charge in [-0.25, -0.2) is 9.18 Å². The summed E-state index contributed by atoms with van der Waals surface area (Å²) in [5, 5.41) is 16.8. The van der Waals surface area contributed by atoms with E-state index in [2.05, 4.69) is 49.9 Å². The van der Waals surface area contributed by atoms with Gasteiger partial charge in [-0.3, -0.25) is 9.36 Å². The standard InChI is InChI=1S/C52H62ClFN6O5SSi/c1-10-63-51(61)50-41(13-12-24-64-46-28-39(26-34-25-35(54)17-20-40(34)46)66-32-33-15-18-38(62-7)19-16-33)42-21-22-43(53)47(49(42)58(50)5)48-44(57-60-23-11-14-45(48)60)30-55-29-36-27-37(59(6)56-36)31-65-67(8,9)52(2,3)4/h15-22,25-28,55H,10-14,23-24,29-32H2,1-9H3. The summed E-state index contributed by atoms with van der Waals surface area (Å²) in [6.07, 6.45) is 3.00. The molecule has 0 saturated heterocycles. The van der Waals surface area contributed by atoms with E-state index in [1.807, 2.05) is 78.8 Å². The lowest BCUT2D eigenvalue weighted by molar-refractivity contribution is 0.0514. The van der Waals surface area contributed by atoms with Crippen LogP contribution in [0.3, 0.4) is 0 Å². The molecule has 1 aliphatic rings. The minimum Gasteiger partial charge on any atom is -0.497 e. The van der Waals surface area contributed by atoms with Crippen LogP contribution < -0.4 is 14.8 Å². The van der Waals surface area contributed by atoms with Gasteiger partial charge in [0.2, 0.25) is 0 Å². The third kappa shape index (κ3) is 10.3. The number of rotatable bonds is 19. The van der Waals surface area contributed by atoms with Gasteiger partial charge in [0.25, 0.3) is 0 Å². The maximum atomic E-state index is 14.5. The Hall–Kier alpha value is -5.12. The maximum absolute atomic E-state index is 14.5. The van der Waals surface area contributed by atoms with Crippen LogP contribution in [0.1, 0.15) is 84.9 Å². The molecule has 0 aliphatic carbocycles. The van der Waals surface area contributed by atoms with E-state index in [1.165, 1.54) is 6.07 Å². The fraction of sp³-hybridized carbons (Fsp3) is 0.404. The highest BCUT2D eigenvalue weighted by Gasteiger charge is 2.37. The van der Waals surface area contributed by atoms with Gasteiger partial charge < -0.3 is 28.5 Å². The molecule has 0 atom stereocenters. The first-order valence-corrected chi connectivity index (χ1v) is 27.4. The van der Waals surface area contributed by atoms with Gasteiger partial charge in [0.1, 0.15) is 23.0 Å². The number of ether oxygens (including phenoxy) is 3. The predicted molar refractivity (Wildman–Crippen MR) is 269 cm³/mol. The number of hydrogen-bond donors (Lipinski definition) is 1.